The normalized spacial score (nSPS) is 32.5. The Balaban J connectivity index is 1.50. The Kier molecular flexibility index (Phi) is 3.50. The fourth-order valence-corrected chi connectivity index (χ4v) is 3.85. The number of carbonyl (C=O) groups is 1. The predicted octanol–water partition coefficient (Wildman–Crippen LogP) is 0.0946. The number of ether oxygens (including phenoxy) is 1. The third-order valence-electron chi connectivity index (χ3n) is 5.27. The van der Waals surface area contributed by atoms with Gasteiger partial charge in [-0.3, -0.25) is 9.59 Å². The molecular formula is C16H22N4O3. The summed E-state index contributed by atoms with van der Waals surface area (Å²) >= 11 is 0. The van der Waals surface area contributed by atoms with E-state index >= 15 is 0 Å². The quantitative estimate of drug-likeness (QED) is 0.822. The number of nitrogens with one attached hydrogen (secondary N) is 2. The van der Waals surface area contributed by atoms with Gasteiger partial charge in [0.05, 0.1) is 18.2 Å². The van der Waals surface area contributed by atoms with Crippen LogP contribution in [0.2, 0.25) is 0 Å². The fraction of sp³-hybridized carbons (Fsp3) is 0.688. The number of fused-ring (bicyclic) bond motifs is 1. The Bertz CT molecular complexity index is 682. The van der Waals surface area contributed by atoms with Crippen LogP contribution in [0.15, 0.2) is 11.0 Å². The molecule has 124 valence electrons. The van der Waals surface area contributed by atoms with Crippen molar-refractivity contribution >= 4 is 5.91 Å². The lowest BCUT2D eigenvalue weighted by atomic mass is 9.71. The van der Waals surface area contributed by atoms with E-state index in [1.54, 1.807) is 0 Å². The topological polar surface area (TPSA) is 87.3 Å². The number of hydrogen-bond donors (Lipinski definition) is 2. The van der Waals surface area contributed by atoms with Crippen LogP contribution in [-0.4, -0.2) is 59.7 Å². The van der Waals surface area contributed by atoms with Crippen molar-refractivity contribution in [1.29, 1.82) is 0 Å². The van der Waals surface area contributed by atoms with E-state index in [0.29, 0.717) is 17.7 Å². The molecule has 4 unspecified atom stereocenters. The first-order valence-corrected chi connectivity index (χ1v) is 8.24. The first-order valence-electron chi connectivity index (χ1n) is 8.24. The molecule has 1 amide bonds. The Morgan fingerprint density at radius 3 is 2.83 bits per heavy atom. The summed E-state index contributed by atoms with van der Waals surface area (Å²) in [6.45, 7) is 0.740. The van der Waals surface area contributed by atoms with Gasteiger partial charge in [0.25, 0.3) is 11.5 Å². The lowest BCUT2D eigenvalue weighted by molar-refractivity contribution is -0.0664. The molecular weight excluding hydrogens is 296 g/mol. The highest BCUT2D eigenvalue weighted by molar-refractivity contribution is 5.93. The van der Waals surface area contributed by atoms with E-state index in [1.165, 1.54) is 6.20 Å². The second-order valence-corrected chi connectivity index (χ2v) is 7.03. The predicted molar refractivity (Wildman–Crippen MR) is 83.4 cm³/mol. The summed E-state index contributed by atoms with van der Waals surface area (Å²) in [7, 11) is 3.97. The van der Waals surface area contributed by atoms with Gasteiger partial charge in [0, 0.05) is 24.6 Å². The number of likely N-dealkylation sites (N-methyl/N-ethyl adjacent to an activating group) is 1. The lowest BCUT2D eigenvalue weighted by Crippen LogP contribution is -2.69. The second-order valence-electron chi connectivity index (χ2n) is 7.03. The second kappa shape index (κ2) is 5.42. The Hall–Kier alpha value is -1.73. The van der Waals surface area contributed by atoms with Gasteiger partial charge < -0.3 is 19.9 Å². The zero-order chi connectivity index (χ0) is 16.1. The van der Waals surface area contributed by atoms with Crippen molar-refractivity contribution in [3.63, 3.8) is 0 Å². The molecule has 0 radical (unpaired) electrons. The molecule has 4 rings (SSSR count). The van der Waals surface area contributed by atoms with Crippen molar-refractivity contribution in [3.8, 4) is 0 Å². The zero-order valence-electron chi connectivity index (χ0n) is 13.4. The van der Waals surface area contributed by atoms with Crippen molar-refractivity contribution in [2.75, 3.05) is 20.7 Å². The minimum absolute atomic E-state index is 0.0208. The maximum Gasteiger partial charge on any atom is 0.263 e. The monoisotopic (exact) mass is 318 g/mol. The average Bonchev–Trinajstić information content (AvgIpc) is 3.26. The molecule has 1 aromatic heterocycles. The van der Waals surface area contributed by atoms with Gasteiger partial charge in [-0.15, -0.1) is 0 Å². The first kappa shape index (κ1) is 14.8. The Labute approximate surface area is 134 Å². The van der Waals surface area contributed by atoms with Crippen molar-refractivity contribution in [2.24, 2.45) is 5.92 Å². The Morgan fingerprint density at radius 2 is 2.17 bits per heavy atom. The summed E-state index contributed by atoms with van der Waals surface area (Å²) in [6, 6.07) is 0.178. The van der Waals surface area contributed by atoms with E-state index in [0.717, 1.165) is 25.9 Å². The van der Waals surface area contributed by atoms with Crippen LogP contribution in [0.1, 0.15) is 41.4 Å². The third-order valence-corrected chi connectivity index (χ3v) is 5.27. The first-order chi connectivity index (χ1) is 11.1. The maximum atomic E-state index is 12.5. The van der Waals surface area contributed by atoms with Crippen LogP contribution in [0, 0.1) is 5.92 Å². The molecule has 23 heavy (non-hydrogen) atoms. The van der Waals surface area contributed by atoms with Crippen molar-refractivity contribution < 1.29 is 9.53 Å². The molecule has 7 heteroatoms. The number of amides is 1. The molecule has 1 aliphatic heterocycles. The summed E-state index contributed by atoms with van der Waals surface area (Å²) in [5, 5.41) is 3.02. The summed E-state index contributed by atoms with van der Waals surface area (Å²) in [5.41, 5.74) is -0.256. The highest BCUT2D eigenvalue weighted by atomic mass is 16.5. The molecule has 0 spiro atoms. The molecule has 3 aliphatic rings. The van der Waals surface area contributed by atoms with Gasteiger partial charge in [-0.1, -0.05) is 0 Å². The van der Waals surface area contributed by atoms with E-state index in [9.17, 15) is 9.59 Å². The van der Waals surface area contributed by atoms with Crippen LogP contribution in [0.4, 0.5) is 0 Å². The smallest absolute Gasteiger partial charge is 0.263 e. The van der Waals surface area contributed by atoms with Crippen LogP contribution in [0.5, 0.6) is 0 Å². The Morgan fingerprint density at radius 1 is 1.39 bits per heavy atom. The number of aromatic amines is 1. The number of carbonyl (C=O) groups excluding carboxylic acids is 1. The standard InChI is InChI=1S/C16H22N4O3/c1-20(2)12-11(9-5-6-23-13(9)12)18-15(21)10-7-17-14(8-3-4-8)19-16(10)22/h7-9,11-13H,3-6H2,1-2H3,(H,18,21)(H,17,19,22). The van der Waals surface area contributed by atoms with Crippen LogP contribution in [0.3, 0.4) is 0 Å². The van der Waals surface area contributed by atoms with Crippen LogP contribution in [0.25, 0.3) is 0 Å². The minimum atomic E-state index is -0.348. The highest BCUT2D eigenvalue weighted by Gasteiger charge is 2.55. The number of H-pyrrole nitrogens is 1. The number of aromatic nitrogens is 2. The summed E-state index contributed by atoms with van der Waals surface area (Å²) < 4.78 is 5.74. The molecule has 7 nitrogen and oxygen atoms in total. The SMILES string of the molecule is CN(C)C1C(NC(=O)c2cnc(C3CC3)[nH]c2=O)C2CCOC21. The lowest BCUT2D eigenvalue weighted by Gasteiger charge is -2.50. The molecule has 2 aliphatic carbocycles. The molecule has 0 aromatic carbocycles. The number of rotatable bonds is 4. The van der Waals surface area contributed by atoms with E-state index < -0.39 is 0 Å². The molecule has 1 saturated heterocycles. The largest absolute Gasteiger partial charge is 0.376 e. The molecule has 4 atom stereocenters. The van der Waals surface area contributed by atoms with E-state index in [2.05, 4.69) is 20.2 Å². The van der Waals surface area contributed by atoms with Crippen LogP contribution >= 0.6 is 0 Å². The molecule has 2 saturated carbocycles. The summed E-state index contributed by atoms with van der Waals surface area (Å²) in [4.78, 5) is 33.7. The molecule has 0 bridgehead atoms. The average molecular weight is 318 g/mol. The highest BCUT2D eigenvalue weighted by Crippen LogP contribution is 2.41. The van der Waals surface area contributed by atoms with Gasteiger partial charge in [0.1, 0.15) is 11.4 Å². The number of nitrogens with zero attached hydrogens (tertiary/aromatic N) is 2. The van der Waals surface area contributed by atoms with Gasteiger partial charge in [-0.25, -0.2) is 4.98 Å². The van der Waals surface area contributed by atoms with Crippen molar-refractivity contribution in [2.45, 2.75) is 43.4 Å². The van der Waals surface area contributed by atoms with E-state index in [4.69, 9.17) is 4.74 Å². The van der Waals surface area contributed by atoms with Crippen molar-refractivity contribution in [1.82, 2.24) is 20.2 Å². The van der Waals surface area contributed by atoms with Gasteiger partial charge in [-0.05, 0) is 33.4 Å². The zero-order valence-corrected chi connectivity index (χ0v) is 13.4. The maximum absolute atomic E-state index is 12.5. The van der Waals surface area contributed by atoms with Gasteiger partial charge in [-0.2, -0.15) is 0 Å². The van der Waals surface area contributed by atoms with Crippen molar-refractivity contribution in [3.05, 3.63) is 27.9 Å². The summed E-state index contributed by atoms with van der Waals surface area (Å²) in [6.07, 6.45) is 4.67. The minimum Gasteiger partial charge on any atom is -0.376 e. The molecule has 1 aromatic rings. The van der Waals surface area contributed by atoms with Crippen LogP contribution in [-0.2, 0) is 4.74 Å². The third kappa shape index (κ3) is 2.48. The molecule has 3 fully saturated rings. The van der Waals surface area contributed by atoms with E-state index in [-0.39, 0.29) is 35.2 Å². The number of hydrogen-bond acceptors (Lipinski definition) is 5. The van der Waals surface area contributed by atoms with Crippen LogP contribution < -0.4 is 10.9 Å². The van der Waals surface area contributed by atoms with Gasteiger partial charge >= 0.3 is 0 Å². The van der Waals surface area contributed by atoms with E-state index in [1.807, 2.05) is 14.1 Å². The van der Waals surface area contributed by atoms with Gasteiger partial charge in [0.2, 0.25) is 0 Å². The fourth-order valence-electron chi connectivity index (χ4n) is 3.85. The van der Waals surface area contributed by atoms with Gasteiger partial charge in [0.15, 0.2) is 0 Å². The molecule has 2 N–H and O–H groups in total. The molecule has 2 heterocycles. The summed E-state index contributed by atoms with van der Waals surface area (Å²) in [5.74, 6) is 1.05.